The molecule has 0 bridgehead atoms. The lowest BCUT2D eigenvalue weighted by Crippen LogP contribution is -2.20. The molecule has 0 aliphatic carbocycles. The van der Waals surface area contributed by atoms with E-state index in [1.165, 1.54) is 6.21 Å². The molecule has 27 heavy (non-hydrogen) atoms. The molecule has 0 aliphatic rings. The molecular formula is C18H17Br2N3O4. The fraction of sp³-hybridized carbons (Fsp3) is 0.167. The first-order chi connectivity index (χ1) is 12.9. The van der Waals surface area contributed by atoms with E-state index in [1.807, 2.05) is 6.92 Å². The van der Waals surface area contributed by atoms with E-state index in [0.29, 0.717) is 33.7 Å². The molecule has 142 valence electrons. The standard InChI is InChI=1S/C18H17Br2N3O4/c1-2-26-15-8-11(7-14(20)17(15)27-10-16(21)24)9-22-23-18(25)12-3-5-13(19)6-4-12/h3-9H,2,10H2,1H3,(H2,21,24)(H,23,25)/b22-9+. The number of carbonyl (C=O) groups excluding carboxylic acids is 2. The molecule has 0 aliphatic heterocycles. The van der Waals surface area contributed by atoms with Crippen molar-refractivity contribution in [2.75, 3.05) is 13.2 Å². The number of benzene rings is 2. The van der Waals surface area contributed by atoms with Crippen LogP contribution in [-0.2, 0) is 4.79 Å². The molecule has 7 nitrogen and oxygen atoms in total. The Balaban J connectivity index is 2.12. The Morgan fingerprint density at radius 3 is 2.52 bits per heavy atom. The van der Waals surface area contributed by atoms with E-state index in [-0.39, 0.29) is 12.5 Å². The summed E-state index contributed by atoms with van der Waals surface area (Å²) in [6.07, 6.45) is 1.47. The Bertz CT molecular complexity index is 854. The monoisotopic (exact) mass is 497 g/mol. The number of amides is 2. The van der Waals surface area contributed by atoms with E-state index in [4.69, 9.17) is 15.2 Å². The summed E-state index contributed by atoms with van der Waals surface area (Å²) in [4.78, 5) is 23.0. The van der Waals surface area contributed by atoms with Crippen molar-refractivity contribution in [3.05, 3.63) is 56.5 Å². The number of halogens is 2. The van der Waals surface area contributed by atoms with Gasteiger partial charge in [-0.1, -0.05) is 15.9 Å². The van der Waals surface area contributed by atoms with Gasteiger partial charge < -0.3 is 15.2 Å². The number of ether oxygens (including phenoxy) is 2. The van der Waals surface area contributed by atoms with Gasteiger partial charge in [0.1, 0.15) is 0 Å². The van der Waals surface area contributed by atoms with Crippen LogP contribution in [0, 0.1) is 0 Å². The Labute approximate surface area is 173 Å². The van der Waals surface area contributed by atoms with Gasteiger partial charge in [-0.2, -0.15) is 5.10 Å². The molecule has 9 heteroatoms. The molecule has 0 saturated heterocycles. The maximum atomic E-state index is 12.0. The van der Waals surface area contributed by atoms with Crippen LogP contribution in [0.2, 0.25) is 0 Å². The summed E-state index contributed by atoms with van der Waals surface area (Å²) in [6, 6.07) is 10.3. The van der Waals surface area contributed by atoms with Crippen molar-refractivity contribution in [3.8, 4) is 11.5 Å². The average molecular weight is 499 g/mol. The minimum absolute atomic E-state index is 0.268. The first-order valence-corrected chi connectivity index (χ1v) is 9.45. The third-order valence-corrected chi connectivity index (χ3v) is 4.29. The predicted molar refractivity (Wildman–Crippen MR) is 109 cm³/mol. The molecule has 2 amide bonds. The molecule has 0 unspecified atom stereocenters. The molecule has 0 saturated carbocycles. The topological polar surface area (TPSA) is 103 Å². The normalized spacial score (nSPS) is 10.6. The zero-order valence-corrected chi connectivity index (χ0v) is 17.5. The number of nitrogens with zero attached hydrogens (tertiary/aromatic N) is 1. The third-order valence-electron chi connectivity index (χ3n) is 3.18. The Hall–Kier alpha value is -2.39. The van der Waals surface area contributed by atoms with Crippen molar-refractivity contribution in [1.29, 1.82) is 0 Å². The smallest absolute Gasteiger partial charge is 0.271 e. The van der Waals surface area contributed by atoms with E-state index in [2.05, 4.69) is 42.4 Å². The molecule has 0 fully saturated rings. The van der Waals surface area contributed by atoms with Crippen molar-refractivity contribution in [2.45, 2.75) is 6.92 Å². The van der Waals surface area contributed by atoms with E-state index < -0.39 is 5.91 Å². The van der Waals surface area contributed by atoms with Crippen molar-refractivity contribution in [3.63, 3.8) is 0 Å². The summed E-state index contributed by atoms with van der Waals surface area (Å²) in [5.41, 5.74) is 8.72. The van der Waals surface area contributed by atoms with Gasteiger partial charge in [0.05, 0.1) is 17.3 Å². The minimum atomic E-state index is -0.592. The van der Waals surface area contributed by atoms with Crippen molar-refractivity contribution in [1.82, 2.24) is 5.43 Å². The van der Waals surface area contributed by atoms with E-state index >= 15 is 0 Å². The van der Waals surface area contributed by atoms with Gasteiger partial charge in [0.15, 0.2) is 18.1 Å². The second kappa shape index (κ2) is 10.1. The summed E-state index contributed by atoms with van der Waals surface area (Å²) < 4.78 is 12.4. The fourth-order valence-corrected chi connectivity index (χ4v) is 2.88. The van der Waals surface area contributed by atoms with Gasteiger partial charge in [-0.25, -0.2) is 5.43 Å². The first kappa shape index (κ1) is 20.9. The second-order valence-corrected chi connectivity index (χ2v) is 6.99. The van der Waals surface area contributed by atoms with Gasteiger partial charge in [0.2, 0.25) is 0 Å². The van der Waals surface area contributed by atoms with Gasteiger partial charge in [-0.15, -0.1) is 0 Å². The zero-order valence-electron chi connectivity index (χ0n) is 14.4. The summed E-state index contributed by atoms with van der Waals surface area (Å²) in [5, 5.41) is 3.96. The van der Waals surface area contributed by atoms with Crippen LogP contribution in [0.25, 0.3) is 0 Å². The summed E-state index contributed by atoms with van der Waals surface area (Å²) in [7, 11) is 0. The van der Waals surface area contributed by atoms with Crippen LogP contribution < -0.4 is 20.6 Å². The highest BCUT2D eigenvalue weighted by Gasteiger charge is 2.13. The summed E-state index contributed by atoms with van der Waals surface area (Å²) in [5.74, 6) is -0.129. The van der Waals surface area contributed by atoms with E-state index in [1.54, 1.807) is 36.4 Å². The van der Waals surface area contributed by atoms with Crippen molar-refractivity contribution >= 4 is 49.9 Å². The highest BCUT2D eigenvalue weighted by Crippen LogP contribution is 2.36. The number of primary amides is 1. The predicted octanol–water partition coefficient (Wildman–Crippen LogP) is 3.24. The molecular weight excluding hydrogens is 482 g/mol. The first-order valence-electron chi connectivity index (χ1n) is 7.87. The van der Waals surface area contributed by atoms with E-state index in [9.17, 15) is 9.59 Å². The van der Waals surface area contributed by atoms with Crippen LogP contribution in [0.15, 0.2) is 50.4 Å². The van der Waals surface area contributed by atoms with Crippen LogP contribution in [-0.4, -0.2) is 31.2 Å². The second-order valence-electron chi connectivity index (χ2n) is 5.22. The minimum Gasteiger partial charge on any atom is -0.490 e. The highest BCUT2D eigenvalue weighted by molar-refractivity contribution is 9.10. The van der Waals surface area contributed by atoms with Crippen LogP contribution in [0.5, 0.6) is 11.5 Å². The molecule has 3 N–H and O–H groups in total. The van der Waals surface area contributed by atoms with Gasteiger partial charge in [-0.3, -0.25) is 9.59 Å². The molecule has 0 atom stereocenters. The maximum absolute atomic E-state index is 12.0. The maximum Gasteiger partial charge on any atom is 0.271 e. The van der Waals surface area contributed by atoms with Crippen LogP contribution in [0.3, 0.4) is 0 Å². The molecule has 2 rings (SSSR count). The molecule has 2 aromatic carbocycles. The zero-order chi connectivity index (χ0) is 19.8. The van der Waals surface area contributed by atoms with Gasteiger partial charge >= 0.3 is 0 Å². The van der Waals surface area contributed by atoms with Crippen molar-refractivity contribution in [2.24, 2.45) is 10.8 Å². The lowest BCUT2D eigenvalue weighted by molar-refractivity contribution is -0.119. The molecule has 0 spiro atoms. The summed E-state index contributed by atoms with van der Waals surface area (Å²) in [6.45, 7) is 1.96. The quantitative estimate of drug-likeness (QED) is 0.430. The van der Waals surface area contributed by atoms with E-state index in [0.717, 1.165) is 4.47 Å². The third kappa shape index (κ3) is 6.37. The Kier molecular flexibility index (Phi) is 7.81. The average Bonchev–Trinajstić information content (AvgIpc) is 2.61. The molecule has 0 heterocycles. The number of hydrazone groups is 1. The number of hydrogen-bond donors (Lipinski definition) is 2. The number of rotatable bonds is 8. The van der Waals surface area contributed by atoms with Crippen molar-refractivity contribution < 1.29 is 19.1 Å². The number of nitrogens with one attached hydrogen (secondary N) is 1. The Morgan fingerprint density at radius 1 is 1.19 bits per heavy atom. The highest BCUT2D eigenvalue weighted by atomic mass is 79.9. The van der Waals surface area contributed by atoms with Gasteiger partial charge in [0, 0.05) is 10.0 Å². The molecule has 0 aromatic heterocycles. The number of hydrogen-bond acceptors (Lipinski definition) is 5. The van der Waals surface area contributed by atoms with Crippen LogP contribution >= 0.6 is 31.9 Å². The lowest BCUT2D eigenvalue weighted by atomic mass is 10.2. The molecule has 0 radical (unpaired) electrons. The molecule has 2 aromatic rings. The van der Waals surface area contributed by atoms with Crippen LogP contribution in [0.1, 0.15) is 22.8 Å². The fourth-order valence-electron chi connectivity index (χ4n) is 2.04. The van der Waals surface area contributed by atoms with Crippen LogP contribution in [0.4, 0.5) is 0 Å². The lowest BCUT2D eigenvalue weighted by Gasteiger charge is -2.13. The number of nitrogens with two attached hydrogens (primary N) is 1. The largest absolute Gasteiger partial charge is 0.490 e. The Morgan fingerprint density at radius 2 is 1.89 bits per heavy atom. The number of carbonyl (C=O) groups is 2. The van der Waals surface area contributed by atoms with Gasteiger partial charge in [-0.05, 0) is 64.8 Å². The van der Waals surface area contributed by atoms with Gasteiger partial charge in [0.25, 0.3) is 11.8 Å². The summed E-state index contributed by atoms with van der Waals surface area (Å²) >= 11 is 6.69. The SMILES string of the molecule is CCOc1cc(/C=N/NC(=O)c2ccc(Br)cc2)cc(Br)c1OCC(N)=O.